The Morgan fingerprint density at radius 2 is 2.31 bits per heavy atom. The molecule has 2 rings (SSSR count). The monoisotopic (exact) mass is 281 g/mol. The van der Waals surface area contributed by atoms with Gasteiger partial charge in [-0.05, 0) is 41.1 Å². The molecule has 0 aliphatic heterocycles. The van der Waals surface area contributed by atoms with E-state index in [1.165, 1.54) is 0 Å². The molecular weight excluding hydrogens is 270 g/mol. The summed E-state index contributed by atoms with van der Waals surface area (Å²) in [5.41, 5.74) is 6.41. The largest absolute Gasteiger partial charge is 0.465 e. The molecule has 16 heavy (non-hydrogen) atoms. The van der Waals surface area contributed by atoms with E-state index in [4.69, 9.17) is 10.2 Å². The first kappa shape index (κ1) is 11.0. The molecule has 0 atom stereocenters. The number of nitrogens with zero attached hydrogens (tertiary/aromatic N) is 1. The van der Waals surface area contributed by atoms with Crippen molar-refractivity contribution in [1.29, 1.82) is 0 Å². The summed E-state index contributed by atoms with van der Waals surface area (Å²) in [6, 6.07) is 5.66. The third kappa shape index (κ3) is 2.55. The lowest BCUT2D eigenvalue weighted by Gasteiger charge is -2.06. The van der Waals surface area contributed by atoms with Crippen LogP contribution in [0.15, 0.2) is 33.3 Å². The molecule has 0 saturated carbocycles. The standard InChI is InChI=1S/C11H12BrN3O/c1-7-2-3-9(16-7)6-15-11-10(13)4-8(12)5-14-11/h2-5H,6,13H2,1H3,(H,14,15). The first-order valence-corrected chi connectivity index (χ1v) is 5.64. The molecule has 2 aromatic rings. The zero-order valence-electron chi connectivity index (χ0n) is 8.83. The number of halogens is 1. The van der Waals surface area contributed by atoms with Gasteiger partial charge in [0, 0.05) is 10.7 Å². The van der Waals surface area contributed by atoms with Gasteiger partial charge in [0.05, 0.1) is 12.2 Å². The Hall–Kier alpha value is -1.49. The van der Waals surface area contributed by atoms with Gasteiger partial charge in [0.25, 0.3) is 0 Å². The minimum absolute atomic E-state index is 0.576. The molecule has 0 fully saturated rings. The zero-order valence-corrected chi connectivity index (χ0v) is 10.4. The minimum atomic E-state index is 0.576. The highest BCUT2D eigenvalue weighted by molar-refractivity contribution is 9.10. The van der Waals surface area contributed by atoms with Crippen LogP contribution in [0, 0.1) is 6.92 Å². The zero-order chi connectivity index (χ0) is 11.5. The summed E-state index contributed by atoms with van der Waals surface area (Å²) in [5, 5.41) is 3.12. The van der Waals surface area contributed by atoms with Crippen LogP contribution in [0.3, 0.4) is 0 Å². The SMILES string of the molecule is Cc1ccc(CNc2ncc(Br)cc2N)o1. The second-order valence-electron chi connectivity index (χ2n) is 3.46. The van der Waals surface area contributed by atoms with Crippen LogP contribution in [0.4, 0.5) is 11.5 Å². The molecule has 0 aliphatic rings. The number of nitrogen functional groups attached to an aromatic ring is 1. The fourth-order valence-electron chi connectivity index (χ4n) is 1.35. The summed E-state index contributed by atoms with van der Waals surface area (Å²) < 4.78 is 6.29. The van der Waals surface area contributed by atoms with Crippen molar-refractivity contribution in [2.45, 2.75) is 13.5 Å². The van der Waals surface area contributed by atoms with Gasteiger partial charge in [-0.3, -0.25) is 0 Å². The number of furan rings is 1. The van der Waals surface area contributed by atoms with Gasteiger partial charge in [-0.25, -0.2) is 4.98 Å². The highest BCUT2D eigenvalue weighted by Gasteiger charge is 2.03. The number of pyridine rings is 1. The van der Waals surface area contributed by atoms with E-state index in [0.29, 0.717) is 18.1 Å². The Kier molecular flexibility index (Phi) is 3.14. The van der Waals surface area contributed by atoms with Gasteiger partial charge in [-0.15, -0.1) is 0 Å². The number of rotatable bonds is 3. The summed E-state index contributed by atoms with van der Waals surface area (Å²) in [5.74, 6) is 2.42. The molecule has 0 saturated heterocycles. The topological polar surface area (TPSA) is 64.1 Å². The fraction of sp³-hybridized carbons (Fsp3) is 0.182. The van der Waals surface area contributed by atoms with Gasteiger partial charge in [0.2, 0.25) is 0 Å². The van der Waals surface area contributed by atoms with Crippen molar-refractivity contribution in [1.82, 2.24) is 4.98 Å². The Morgan fingerprint density at radius 1 is 1.50 bits per heavy atom. The Balaban J connectivity index is 2.04. The van der Waals surface area contributed by atoms with Crippen LogP contribution < -0.4 is 11.1 Å². The van der Waals surface area contributed by atoms with Gasteiger partial charge in [-0.1, -0.05) is 0 Å². The van der Waals surface area contributed by atoms with Crippen LogP contribution in [-0.4, -0.2) is 4.98 Å². The molecular formula is C11H12BrN3O. The number of anilines is 2. The maximum Gasteiger partial charge on any atom is 0.149 e. The van der Waals surface area contributed by atoms with Crippen molar-refractivity contribution in [3.63, 3.8) is 0 Å². The van der Waals surface area contributed by atoms with E-state index in [-0.39, 0.29) is 0 Å². The van der Waals surface area contributed by atoms with Crippen molar-refractivity contribution in [3.05, 3.63) is 40.4 Å². The lowest BCUT2D eigenvalue weighted by atomic mass is 10.4. The molecule has 0 spiro atoms. The van der Waals surface area contributed by atoms with E-state index in [2.05, 4.69) is 26.2 Å². The summed E-state index contributed by atoms with van der Waals surface area (Å²) in [6.45, 7) is 2.49. The lowest BCUT2D eigenvalue weighted by Crippen LogP contribution is -2.03. The van der Waals surface area contributed by atoms with E-state index < -0.39 is 0 Å². The van der Waals surface area contributed by atoms with E-state index in [1.54, 1.807) is 6.20 Å². The molecule has 0 unspecified atom stereocenters. The average molecular weight is 282 g/mol. The molecule has 3 N–H and O–H groups in total. The van der Waals surface area contributed by atoms with Crippen LogP contribution in [0.25, 0.3) is 0 Å². The van der Waals surface area contributed by atoms with Crippen molar-refractivity contribution < 1.29 is 4.42 Å². The molecule has 5 heteroatoms. The molecule has 0 aliphatic carbocycles. The smallest absolute Gasteiger partial charge is 0.149 e. The normalized spacial score (nSPS) is 10.4. The van der Waals surface area contributed by atoms with E-state index >= 15 is 0 Å². The number of nitrogens with one attached hydrogen (secondary N) is 1. The highest BCUT2D eigenvalue weighted by Crippen LogP contribution is 2.20. The number of aryl methyl sites for hydroxylation is 1. The third-order valence-corrected chi connectivity index (χ3v) is 2.54. The van der Waals surface area contributed by atoms with Crippen LogP contribution in [0.1, 0.15) is 11.5 Å². The molecule has 0 amide bonds. The molecule has 2 heterocycles. The van der Waals surface area contributed by atoms with Gasteiger partial charge < -0.3 is 15.5 Å². The van der Waals surface area contributed by atoms with Gasteiger partial charge in [0.15, 0.2) is 0 Å². The lowest BCUT2D eigenvalue weighted by molar-refractivity contribution is 0.490. The second-order valence-corrected chi connectivity index (χ2v) is 4.37. The molecule has 84 valence electrons. The van der Waals surface area contributed by atoms with Crippen LogP contribution in [0.5, 0.6) is 0 Å². The predicted octanol–water partition coefficient (Wildman–Crippen LogP) is 2.94. The molecule has 2 aromatic heterocycles. The van der Waals surface area contributed by atoms with Crippen molar-refractivity contribution >= 4 is 27.4 Å². The first-order chi connectivity index (χ1) is 7.65. The molecule has 0 aromatic carbocycles. The fourth-order valence-corrected chi connectivity index (χ4v) is 1.70. The number of hydrogen-bond acceptors (Lipinski definition) is 4. The quantitative estimate of drug-likeness (QED) is 0.908. The summed E-state index contributed by atoms with van der Waals surface area (Å²) in [4.78, 5) is 4.18. The molecule has 4 nitrogen and oxygen atoms in total. The van der Waals surface area contributed by atoms with Crippen molar-refractivity contribution in [2.24, 2.45) is 0 Å². The minimum Gasteiger partial charge on any atom is -0.465 e. The third-order valence-electron chi connectivity index (χ3n) is 2.11. The Bertz CT molecular complexity index is 496. The second kappa shape index (κ2) is 4.57. The summed E-state index contributed by atoms with van der Waals surface area (Å²) in [6.07, 6.45) is 1.70. The Morgan fingerprint density at radius 3 is 2.94 bits per heavy atom. The van der Waals surface area contributed by atoms with Crippen molar-refractivity contribution in [3.8, 4) is 0 Å². The van der Waals surface area contributed by atoms with Gasteiger partial charge >= 0.3 is 0 Å². The summed E-state index contributed by atoms with van der Waals surface area (Å²) in [7, 11) is 0. The van der Waals surface area contributed by atoms with Crippen LogP contribution in [0.2, 0.25) is 0 Å². The maximum absolute atomic E-state index is 5.81. The van der Waals surface area contributed by atoms with E-state index in [9.17, 15) is 0 Å². The van der Waals surface area contributed by atoms with Crippen LogP contribution in [-0.2, 0) is 6.54 Å². The summed E-state index contributed by atoms with van der Waals surface area (Å²) >= 11 is 3.31. The number of aromatic nitrogens is 1. The average Bonchev–Trinajstić information content (AvgIpc) is 2.63. The molecule has 0 bridgehead atoms. The van der Waals surface area contributed by atoms with E-state index in [1.807, 2.05) is 25.1 Å². The van der Waals surface area contributed by atoms with Gasteiger partial charge in [0.1, 0.15) is 17.3 Å². The molecule has 0 radical (unpaired) electrons. The maximum atomic E-state index is 5.81. The first-order valence-electron chi connectivity index (χ1n) is 4.85. The number of nitrogens with two attached hydrogens (primary N) is 1. The predicted molar refractivity (Wildman–Crippen MR) is 67.1 cm³/mol. The Labute approximate surface area is 102 Å². The van der Waals surface area contributed by atoms with Gasteiger partial charge in [-0.2, -0.15) is 0 Å². The van der Waals surface area contributed by atoms with E-state index in [0.717, 1.165) is 16.0 Å². The van der Waals surface area contributed by atoms with Crippen molar-refractivity contribution in [2.75, 3.05) is 11.1 Å². The highest BCUT2D eigenvalue weighted by atomic mass is 79.9. The van der Waals surface area contributed by atoms with Crippen LogP contribution >= 0.6 is 15.9 Å². The number of hydrogen-bond donors (Lipinski definition) is 2.